The number of ether oxygens (including phenoxy) is 1. The molecule has 1 N–H and O–H groups in total. The fraction of sp³-hybridized carbons (Fsp3) is 0.444. The lowest BCUT2D eigenvalue weighted by molar-refractivity contribution is -0.193. The highest BCUT2D eigenvalue weighted by Crippen LogP contribution is 2.46. The van der Waals surface area contributed by atoms with E-state index in [0.29, 0.717) is 5.02 Å². The minimum atomic E-state index is -0.206. The van der Waals surface area contributed by atoms with Gasteiger partial charge in [0.15, 0.2) is 0 Å². The maximum Gasteiger partial charge on any atom is 0.117 e. The Balaban J connectivity index is 1.46. The summed E-state index contributed by atoms with van der Waals surface area (Å²) in [4.78, 5) is 5.84. The average molecular weight is 316 g/mol. The van der Waals surface area contributed by atoms with Crippen LogP contribution in [0.15, 0.2) is 36.0 Å². The van der Waals surface area contributed by atoms with E-state index in [-0.39, 0.29) is 11.2 Å². The first-order chi connectivity index (χ1) is 10.7. The molecule has 2 heterocycles. The number of hydrogen-bond acceptors (Lipinski definition) is 3. The number of allylic oxidation sites excluding steroid dienone is 1. The monoisotopic (exact) mass is 315 g/mol. The smallest absolute Gasteiger partial charge is 0.117 e. The van der Waals surface area contributed by atoms with Crippen LogP contribution in [0.25, 0.3) is 0 Å². The third kappa shape index (κ3) is 2.63. The molecule has 2 spiro atoms. The molecule has 0 bridgehead atoms. The highest BCUT2D eigenvalue weighted by atomic mass is 35.5. The van der Waals surface area contributed by atoms with Gasteiger partial charge in [-0.25, -0.2) is 0 Å². The van der Waals surface area contributed by atoms with E-state index in [4.69, 9.17) is 21.2 Å². The molecule has 2 aliphatic heterocycles. The van der Waals surface area contributed by atoms with Crippen molar-refractivity contribution in [2.24, 2.45) is 0 Å². The predicted molar refractivity (Wildman–Crippen MR) is 85.1 cm³/mol. The van der Waals surface area contributed by atoms with Gasteiger partial charge < -0.3 is 4.74 Å². The predicted octanol–water partition coefficient (Wildman–Crippen LogP) is 3.58. The lowest BCUT2D eigenvalue weighted by Crippen LogP contribution is -2.50. The van der Waals surface area contributed by atoms with Gasteiger partial charge in [-0.3, -0.25) is 10.3 Å². The molecule has 4 heteroatoms. The van der Waals surface area contributed by atoms with Crippen LogP contribution in [0.2, 0.25) is 5.02 Å². The Labute approximate surface area is 135 Å². The number of benzene rings is 1. The second kappa shape index (κ2) is 5.31. The summed E-state index contributed by atoms with van der Waals surface area (Å²) in [6.07, 6.45) is 7.45. The Morgan fingerprint density at radius 1 is 1.09 bits per heavy atom. The van der Waals surface area contributed by atoms with Crippen molar-refractivity contribution >= 4 is 11.6 Å². The van der Waals surface area contributed by atoms with Crippen molar-refractivity contribution in [2.75, 3.05) is 6.61 Å². The molecule has 3 nitrogen and oxygen atoms in total. The van der Waals surface area contributed by atoms with Gasteiger partial charge in [0.2, 0.25) is 0 Å². The van der Waals surface area contributed by atoms with E-state index in [0.717, 1.165) is 43.6 Å². The molecule has 22 heavy (non-hydrogen) atoms. The molecule has 1 aromatic rings. The quantitative estimate of drug-likeness (QED) is 0.742. The highest BCUT2D eigenvalue weighted by Gasteiger charge is 2.48. The molecule has 0 atom stereocenters. The molecule has 3 aliphatic rings. The van der Waals surface area contributed by atoms with Crippen LogP contribution >= 0.6 is 11.6 Å². The third-order valence-electron chi connectivity index (χ3n) is 4.91. The van der Waals surface area contributed by atoms with Gasteiger partial charge in [0.05, 0.1) is 12.2 Å². The molecule has 0 amide bonds. The summed E-state index contributed by atoms with van der Waals surface area (Å²) >= 11 is 5.97. The second-order valence-corrected chi connectivity index (χ2v) is 6.81. The minimum absolute atomic E-state index is 0.150. The van der Waals surface area contributed by atoms with Gasteiger partial charge in [-0.1, -0.05) is 23.6 Å². The van der Waals surface area contributed by atoms with Crippen LogP contribution in [-0.2, 0) is 9.57 Å². The van der Waals surface area contributed by atoms with Crippen molar-refractivity contribution in [3.63, 3.8) is 0 Å². The maximum atomic E-state index is 5.97. The van der Waals surface area contributed by atoms with Gasteiger partial charge >= 0.3 is 0 Å². The van der Waals surface area contributed by atoms with E-state index in [1.54, 1.807) is 0 Å². The highest BCUT2D eigenvalue weighted by molar-refractivity contribution is 6.30. The first-order valence-electron chi connectivity index (χ1n) is 7.76. The molecule has 1 saturated heterocycles. The zero-order valence-corrected chi connectivity index (χ0v) is 13.1. The van der Waals surface area contributed by atoms with Gasteiger partial charge in [-0.2, -0.15) is 0 Å². The lowest BCUT2D eigenvalue weighted by Gasteiger charge is -2.48. The van der Waals surface area contributed by atoms with Crippen LogP contribution in [0, 0.1) is 11.8 Å². The largest absolute Gasteiger partial charge is 0.375 e. The topological polar surface area (TPSA) is 30.5 Å². The van der Waals surface area contributed by atoms with Crippen molar-refractivity contribution in [1.82, 2.24) is 5.48 Å². The molecular weight excluding hydrogens is 298 g/mol. The summed E-state index contributed by atoms with van der Waals surface area (Å²) < 4.78 is 5.77. The van der Waals surface area contributed by atoms with E-state index in [2.05, 4.69) is 23.4 Å². The molecule has 1 aromatic carbocycles. The van der Waals surface area contributed by atoms with E-state index < -0.39 is 0 Å². The van der Waals surface area contributed by atoms with Crippen LogP contribution in [0.5, 0.6) is 0 Å². The number of halogens is 1. The fourth-order valence-corrected chi connectivity index (χ4v) is 3.60. The Kier molecular flexibility index (Phi) is 3.41. The Hall–Kier alpha value is -1.47. The van der Waals surface area contributed by atoms with E-state index in [1.807, 2.05) is 24.3 Å². The molecule has 0 aromatic heterocycles. The fourth-order valence-electron chi connectivity index (χ4n) is 3.41. The van der Waals surface area contributed by atoms with Crippen LogP contribution < -0.4 is 5.48 Å². The van der Waals surface area contributed by atoms with Crippen molar-refractivity contribution in [3.8, 4) is 11.8 Å². The molecule has 1 aliphatic carbocycles. The summed E-state index contributed by atoms with van der Waals surface area (Å²) in [5.74, 6) is 6.25. The van der Waals surface area contributed by atoms with Gasteiger partial charge in [0, 0.05) is 10.6 Å². The summed E-state index contributed by atoms with van der Waals surface area (Å²) in [5.41, 5.74) is 4.67. The standard InChI is InChI=1S/C18H18ClNO2/c19-15-3-1-2-14(12-15)4-5-16-13-18(22-20-16)8-6-17(7-9-18)10-11-21-17/h1-3,12-13,20H,6-11H2. The number of hydrogen-bond donors (Lipinski definition) is 1. The third-order valence-corrected chi connectivity index (χ3v) is 5.15. The maximum absolute atomic E-state index is 5.97. The van der Waals surface area contributed by atoms with Gasteiger partial charge in [-0.15, -0.1) is 0 Å². The van der Waals surface area contributed by atoms with Crippen molar-refractivity contribution in [3.05, 3.63) is 46.6 Å². The van der Waals surface area contributed by atoms with Crippen molar-refractivity contribution < 1.29 is 9.57 Å². The van der Waals surface area contributed by atoms with Crippen LogP contribution in [-0.4, -0.2) is 17.8 Å². The molecule has 114 valence electrons. The zero-order valence-electron chi connectivity index (χ0n) is 12.3. The van der Waals surface area contributed by atoms with Gasteiger partial charge in [0.1, 0.15) is 11.3 Å². The van der Waals surface area contributed by atoms with Gasteiger partial charge in [-0.05, 0) is 62.3 Å². The van der Waals surface area contributed by atoms with Crippen molar-refractivity contribution in [1.29, 1.82) is 0 Å². The minimum Gasteiger partial charge on any atom is -0.375 e. The molecule has 2 fully saturated rings. The molecule has 4 rings (SSSR count). The van der Waals surface area contributed by atoms with Crippen molar-refractivity contribution in [2.45, 2.75) is 43.3 Å². The number of rotatable bonds is 0. The number of hydroxylamine groups is 1. The average Bonchev–Trinajstić information content (AvgIpc) is 2.88. The van der Waals surface area contributed by atoms with Gasteiger partial charge in [0.25, 0.3) is 0 Å². The first-order valence-corrected chi connectivity index (χ1v) is 8.13. The summed E-state index contributed by atoms with van der Waals surface area (Å²) in [6.45, 7) is 0.915. The Morgan fingerprint density at radius 3 is 2.59 bits per heavy atom. The van der Waals surface area contributed by atoms with E-state index in [9.17, 15) is 0 Å². The second-order valence-electron chi connectivity index (χ2n) is 6.37. The summed E-state index contributed by atoms with van der Waals surface area (Å²) in [6, 6.07) is 7.56. The molecule has 0 unspecified atom stereocenters. The summed E-state index contributed by atoms with van der Waals surface area (Å²) in [5, 5.41) is 0.700. The Morgan fingerprint density at radius 2 is 1.91 bits per heavy atom. The summed E-state index contributed by atoms with van der Waals surface area (Å²) in [7, 11) is 0. The zero-order chi connectivity index (χ0) is 15.0. The van der Waals surface area contributed by atoms with E-state index in [1.165, 1.54) is 6.42 Å². The number of nitrogens with one attached hydrogen (secondary N) is 1. The Bertz CT molecular complexity index is 672. The van der Waals surface area contributed by atoms with Crippen LogP contribution in [0.1, 0.15) is 37.7 Å². The van der Waals surface area contributed by atoms with Crippen LogP contribution in [0.3, 0.4) is 0 Å². The molecular formula is C18H18ClNO2. The molecule has 0 radical (unpaired) electrons. The molecule has 1 saturated carbocycles. The SMILES string of the molecule is Clc1cccc(C#CC2=CC3(CCC4(CCO4)CC3)ON2)c1. The van der Waals surface area contributed by atoms with Crippen LogP contribution in [0.4, 0.5) is 0 Å². The lowest BCUT2D eigenvalue weighted by atomic mass is 9.72. The van der Waals surface area contributed by atoms with E-state index >= 15 is 0 Å². The first kappa shape index (κ1) is 14.1. The normalized spacial score (nSPS) is 32.9.